The van der Waals surface area contributed by atoms with Crippen molar-refractivity contribution >= 4 is 39.0 Å². The molecule has 1 aliphatic heterocycles. The van der Waals surface area contributed by atoms with Gasteiger partial charge < -0.3 is 16.0 Å². The highest BCUT2D eigenvalue weighted by atomic mass is 32.2. The summed E-state index contributed by atoms with van der Waals surface area (Å²) in [5, 5.41) is 8.21. The lowest BCUT2D eigenvalue weighted by Gasteiger charge is -2.26. The van der Waals surface area contributed by atoms with Gasteiger partial charge >= 0.3 is 6.03 Å². The van der Waals surface area contributed by atoms with Crippen LogP contribution in [0.25, 0.3) is 0 Å². The van der Waals surface area contributed by atoms with Crippen LogP contribution in [-0.4, -0.2) is 37.8 Å². The Bertz CT molecular complexity index is 1270. The van der Waals surface area contributed by atoms with Crippen LogP contribution in [0.2, 0.25) is 0 Å². The van der Waals surface area contributed by atoms with Gasteiger partial charge in [0.05, 0.1) is 4.90 Å². The maximum Gasteiger partial charge on any atom is 0.323 e. The molecule has 1 fully saturated rings. The fraction of sp³-hybridized carbons (Fsp3) is 0.200. The summed E-state index contributed by atoms with van der Waals surface area (Å²) in [7, 11) is -3.64. The van der Waals surface area contributed by atoms with E-state index in [1.54, 1.807) is 48.5 Å². The maximum atomic E-state index is 12.9. The van der Waals surface area contributed by atoms with Gasteiger partial charge in [0.1, 0.15) is 0 Å². The van der Waals surface area contributed by atoms with E-state index >= 15 is 0 Å². The van der Waals surface area contributed by atoms with Crippen molar-refractivity contribution in [2.45, 2.75) is 24.2 Å². The SMILES string of the molecule is O=C(Nc1ccccc1)Nc1cccc(NC(=O)c2cccc(S(=O)(=O)N3CCCCC3)c2)c1. The van der Waals surface area contributed by atoms with Gasteiger partial charge in [0.15, 0.2) is 0 Å². The van der Waals surface area contributed by atoms with Crippen LogP contribution in [0.4, 0.5) is 21.9 Å². The van der Waals surface area contributed by atoms with Crippen molar-refractivity contribution in [3.05, 3.63) is 84.4 Å². The zero-order valence-electron chi connectivity index (χ0n) is 18.5. The van der Waals surface area contributed by atoms with Gasteiger partial charge in [0.2, 0.25) is 10.0 Å². The van der Waals surface area contributed by atoms with Gasteiger partial charge in [-0.2, -0.15) is 4.31 Å². The minimum absolute atomic E-state index is 0.107. The monoisotopic (exact) mass is 478 g/mol. The number of para-hydroxylation sites is 1. The van der Waals surface area contributed by atoms with E-state index in [0.717, 1.165) is 19.3 Å². The van der Waals surface area contributed by atoms with Gasteiger partial charge in [-0.25, -0.2) is 13.2 Å². The topological polar surface area (TPSA) is 108 Å². The quantitative estimate of drug-likeness (QED) is 0.475. The number of sulfonamides is 1. The smallest absolute Gasteiger partial charge is 0.322 e. The number of urea groups is 1. The Balaban J connectivity index is 1.43. The normalized spacial score (nSPS) is 14.2. The second-order valence-corrected chi connectivity index (χ2v) is 9.91. The first kappa shape index (κ1) is 23.5. The molecule has 0 spiro atoms. The highest BCUT2D eigenvalue weighted by Gasteiger charge is 2.26. The predicted octanol–water partition coefficient (Wildman–Crippen LogP) is 4.76. The first-order valence-corrected chi connectivity index (χ1v) is 12.5. The van der Waals surface area contributed by atoms with Crippen LogP contribution in [0.15, 0.2) is 83.8 Å². The summed E-state index contributed by atoms with van der Waals surface area (Å²) in [6.45, 7) is 0.993. The predicted molar refractivity (Wildman–Crippen MR) is 133 cm³/mol. The zero-order chi connectivity index (χ0) is 24.0. The Morgan fingerprint density at radius 3 is 2.03 bits per heavy atom. The number of carbonyl (C=O) groups is 2. The van der Waals surface area contributed by atoms with Gasteiger partial charge in [-0.1, -0.05) is 36.8 Å². The summed E-state index contributed by atoms with van der Waals surface area (Å²) in [5.74, 6) is -0.443. The number of anilines is 3. The fourth-order valence-electron chi connectivity index (χ4n) is 3.75. The summed E-state index contributed by atoms with van der Waals surface area (Å²) in [5.41, 5.74) is 1.85. The molecule has 9 heteroatoms. The largest absolute Gasteiger partial charge is 0.323 e. The standard InChI is InChI=1S/C25H26N4O4S/c30-24(19-9-7-14-23(17-19)34(32,33)29-15-5-2-6-16-29)26-21-12-8-13-22(18-21)28-25(31)27-20-10-3-1-4-11-20/h1,3-4,7-14,17-18H,2,5-6,15-16H2,(H,26,30)(H2,27,28,31). The Labute approximate surface area is 199 Å². The third-order valence-electron chi connectivity index (χ3n) is 5.46. The lowest BCUT2D eigenvalue weighted by atomic mass is 10.2. The van der Waals surface area contributed by atoms with Crippen molar-refractivity contribution in [1.29, 1.82) is 0 Å². The molecule has 1 aliphatic rings. The van der Waals surface area contributed by atoms with Gasteiger partial charge in [-0.05, 0) is 61.4 Å². The number of hydrogen-bond donors (Lipinski definition) is 3. The molecule has 3 aromatic carbocycles. The van der Waals surface area contributed by atoms with Crippen LogP contribution in [0.1, 0.15) is 29.6 Å². The number of hydrogen-bond acceptors (Lipinski definition) is 4. The number of piperidine rings is 1. The van der Waals surface area contributed by atoms with Crippen LogP contribution < -0.4 is 16.0 Å². The van der Waals surface area contributed by atoms with E-state index in [9.17, 15) is 18.0 Å². The summed E-state index contributed by atoms with van der Waals surface area (Å²) in [4.78, 5) is 25.2. The molecule has 8 nitrogen and oxygen atoms in total. The molecule has 0 bridgehead atoms. The Kier molecular flexibility index (Phi) is 7.24. The number of benzene rings is 3. The first-order valence-electron chi connectivity index (χ1n) is 11.1. The lowest BCUT2D eigenvalue weighted by Crippen LogP contribution is -2.35. The zero-order valence-corrected chi connectivity index (χ0v) is 19.3. The van der Waals surface area contributed by atoms with E-state index in [2.05, 4.69) is 16.0 Å². The number of nitrogens with one attached hydrogen (secondary N) is 3. The van der Waals surface area contributed by atoms with E-state index in [4.69, 9.17) is 0 Å². The van der Waals surface area contributed by atoms with Gasteiger partial charge in [0, 0.05) is 35.7 Å². The molecule has 34 heavy (non-hydrogen) atoms. The molecular formula is C25H26N4O4S. The molecule has 0 aliphatic carbocycles. The molecular weight excluding hydrogens is 452 g/mol. The van der Waals surface area contributed by atoms with E-state index in [0.29, 0.717) is 30.2 Å². The second kappa shape index (κ2) is 10.5. The molecule has 176 valence electrons. The van der Waals surface area contributed by atoms with Crippen molar-refractivity contribution in [1.82, 2.24) is 4.31 Å². The van der Waals surface area contributed by atoms with Gasteiger partial charge in [-0.3, -0.25) is 4.79 Å². The van der Waals surface area contributed by atoms with Crippen LogP contribution in [0.3, 0.4) is 0 Å². The van der Waals surface area contributed by atoms with E-state index in [-0.39, 0.29) is 10.5 Å². The maximum absolute atomic E-state index is 12.9. The lowest BCUT2D eigenvalue weighted by molar-refractivity contribution is 0.102. The highest BCUT2D eigenvalue weighted by molar-refractivity contribution is 7.89. The minimum atomic E-state index is -3.64. The number of nitrogens with zero attached hydrogens (tertiary/aromatic N) is 1. The molecule has 0 atom stereocenters. The van der Waals surface area contributed by atoms with Crippen molar-refractivity contribution in [3.8, 4) is 0 Å². The molecule has 0 aromatic heterocycles. The second-order valence-electron chi connectivity index (χ2n) is 7.97. The average molecular weight is 479 g/mol. The molecule has 3 aromatic rings. The number of amides is 3. The Morgan fingerprint density at radius 2 is 1.29 bits per heavy atom. The molecule has 0 saturated carbocycles. The summed E-state index contributed by atoms with van der Waals surface area (Å²) in [6.07, 6.45) is 2.70. The van der Waals surface area contributed by atoms with Crippen molar-refractivity contribution in [3.63, 3.8) is 0 Å². The van der Waals surface area contributed by atoms with Crippen molar-refractivity contribution < 1.29 is 18.0 Å². The molecule has 4 rings (SSSR count). The van der Waals surface area contributed by atoms with E-state index in [1.807, 2.05) is 18.2 Å². The van der Waals surface area contributed by atoms with E-state index in [1.165, 1.54) is 16.4 Å². The van der Waals surface area contributed by atoms with Gasteiger partial charge in [0.25, 0.3) is 5.91 Å². The van der Waals surface area contributed by atoms with Crippen LogP contribution in [0, 0.1) is 0 Å². The fourth-order valence-corrected chi connectivity index (χ4v) is 5.31. The highest BCUT2D eigenvalue weighted by Crippen LogP contribution is 2.22. The molecule has 0 radical (unpaired) electrons. The number of rotatable bonds is 6. The molecule has 1 saturated heterocycles. The minimum Gasteiger partial charge on any atom is -0.322 e. The van der Waals surface area contributed by atoms with Crippen LogP contribution in [0.5, 0.6) is 0 Å². The Hall–Kier alpha value is -3.69. The summed E-state index contributed by atoms with van der Waals surface area (Å²) < 4.78 is 27.4. The molecule has 0 unspecified atom stereocenters. The van der Waals surface area contributed by atoms with Crippen LogP contribution in [-0.2, 0) is 10.0 Å². The van der Waals surface area contributed by atoms with E-state index < -0.39 is 22.0 Å². The average Bonchev–Trinajstić information content (AvgIpc) is 2.85. The molecule has 3 amide bonds. The van der Waals surface area contributed by atoms with Crippen molar-refractivity contribution in [2.24, 2.45) is 0 Å². The van der Waals surface area contributed by atoms with Crippen LogP contribution >= 0.6 is 0 Å². The number of carbonyl (C=O) groups excluding carboxylic acids is 2. The summed E-state index contributed by atoms with van der Waals surface area (Å²) >= 11 is 0. The third kappa shape index (κ3) is 5.81. The Morgan fingerprint density at radius 1 is 0.676 bits per heavy atom. The molecule has 3 N–H and O–H groups in total. The molecule has 1 heterocycles. The first-order chi connectivity index (χ1) is 16.4. The summed E-state index contributed by atoms with van der Waals surface area (Å²) in [6, 6.07) is 21.4. The van der Waals surface area contributed by atoms with Crippen molar-refractivity contribution in [2.75, 3.05) is 29.0 Å². The van der Waals surface area contributed by atoms with Gasteiger partial charge in [-0.15, -0.1) is 0 Å². The third-order valence-corrected chi connectivity index (χ3v) is 7.35.